The van der Waals surface area contributed by atoms with Gasteiger partial charge in [0.15, 0.2) is 0 Å². The second-order valence-electron chi connectivity index (χ2n) is 6.75. The van der Waals surface area contributed by atoms with Crippen molar-refractivity contribution in [3.63, 3.8) is 0 Å². The van der Waals surface area contributed by atoms with Gasteiger partial charge in [-0.3, -0.25) is 9.59 Å². The minimum absolute atomic E-state index is 0.168. The van der Waals surface area contributed by atoms with E-state index in [4.69, 9.17) is 0 Å². The number of rotatable bonds is 7. The number of aryl methyl sites for hydroxylation is 2. The Hall–Kier alpha value is -3.40. The fourth-order valence-electron chi connectivity index (χ4n) is 2.97. The van der Waals surface area contributed by atoms with Crippen LogP contribution in [0.1, 0.15) is 38.3 Å². The Labute approximate surface area is 165 Å². The Morgan fingerprint density at radius 3 is 2.25 bits per heavy atom. The summed E-state index contributed by atoms with van der Waals surface area (Å²) in [6.07, 6.45) is 1.78. The lowest BCUT2D eigenvalue weighted by molar-refractivity contribution is 0.0953. The van der Waals surface area contributed by atoms with Crippen molar-refractivity contribution in [3.05, 3.63) is 101 Å². The molecule has 3 aromatic rings. The molecular weight excluding hydrogens is 348 g/mol. The molecule has 0 aliphatic carbocycles. The summed E-state index contributed by atoms with van der Waals surface area (Å²) in [5.41, 5.74) is 4.00. The Bertz CT molecular complexity index is 952. The molecular formula is C24H24N2O2. The molecule has 0 atom stereocenters. The first-order valence-corrected chi connectivity index (χ1v) is 9.42. The van der Waals surface area contributed by atoms with Crippen molar-refractivity contribution in [1.82, 2.24) is 5.32 Å². The van der Waals surface area contributed by atoms with Gasteiger partial charge >= 0.3 is 0 Å². The van der Waals surface area contributed by atoms with E-state index in [2.05, 4.69) is 22.8 Å². The van der Waals surface area contributed by atoms with Gasteiger partial charge in [-0.05, 0) is 61.2 Å². The lowest BCUT2D eigenvalue weighted by Crippen LogP contribution is -2.25. The molecule has 0 radical (unpaired) electrons. The molecule has 28 heavy (non-hydrogen) atoms. The molecule has 3 aromatic carbocycles. The molecule has 0 fully saturated rings. The zero-order valence-corrected chi connectivity index (χ0v) is 15.9. The second kappa shape index (κ2) is 9.51. The van der Waals surface area contributed by atoms with Crippen molar-refractivity contribution in [2.75, 3.05) is 11.9 Å². The van der Waals surface area contributed by atoms with Crippen LogP contribution in [0.5, 0.6) is 0 Å². The summed E-state index contributed by atoms with van der Waals surface area (Å²) in [7, 11) is 0. The van der Waals surface area contributed by atoms with Crippen molar-refractivity contribution in [1.29, 1.82) is 0 Å². The highest BCUT2D eigenvalue weighted by atomic mass is 16.2. The van der Waals surface area contributed by atoms with Crippen LogP contribution in [-0.2, 0) is 6.42 Å². The van der Waals surface area contributed by atoms with Gasteiger partial charge in [0.25, 0.3) is 11.8 Å². The average Bonchev–Trinajstić information content (AvgIpc) is 2.72. The number of nitrogens with one attached hydrogen (secondary N) is 2. The number of carbonyl (C=O) groups is 2. The van der Waals surface area contributed by atoms with Gasteiger partial charge in [-0.1, -0.05) is 48.5 Å². The minimum Gasteiger partial charge on any atom is -0.352 e. The second-order valence-corrected chi connectivity index (χ2v) is 6.75. The first kappa shape index (κ1) is 19.4. The molecule has 0 spiro atoms. The van der Waals surface area contributed by atoms with Crippen LogP contribution in [0.4, 0.5) is 5.69 Å². The normalized spacial score (nSPS) is 10.3. The smallest absolute Gasteiger partial charge is 0.255 e. The number of benzene rings is 3. The van der Waals surface area contributed by atoms with Crippen LogP contribution < -0.4 is 10.6 Å². The number of anilines is 1. The standard InChI is InChI=1S/C24H24N2O2/c1-18-8-5-14-22(16-18)26-24(28)21-13-6-12-20(17-21)23(27)25-15-7-11-19-9-3-2-4-10-19/h2-6,8-10,12-14,16-17H,7,11,15H2,1H3,(H,25,27)(H,26,28). The fraction of sp³-hybridized carbons (Fsp3) is 0.167. The van der Waals surface area contributed by atoms with Crippen LogP contribution in [0.15, 0.2) is 78.9 Å². The van der Waals surface area contributed by atoms with Gasteiger partial charge < -0.3 is 10.6 Å². The van der Waals surface area contributed by atoms with Crippen LogP contribution >= 0.6 is 0 Å². The quantitative estimate of drug-likeness (QED) is 0.595. The molecule has 4 nitrogen and oxygen atoms in total. The summed E-state index contributed by atoms with van der Waals surface area (Å²) in [6, 6.07) is 24.6. The monoisotopic (exact) mass is 372 g/mol. The Morgan fingerprint density at radius 1 is 0.786 bits per heavy atom. The molecule has 0 aliphatic heterocycles. The summed E-state index contributed by atoms with van der Waals surface area (Å²) in [5, 5.41) is 5.79. The highest BCUT2D eigenvalue weighted by Crippen LogP contribution is 2.13. The van der Waals surface area contributed by atoms with Gasteiger partial charge in [-0.15, -0.1) is 0 Å². The van der Waals surface area contributed by atoms with Crippen LogP contribution in [0.2, 0.25) is 0 Å². The molecule has 0 aliphatic rings. The fourth-order valence-corrected chi connectivity index (χ4v) is 2.97. The van der Waals surface area contributed by atoms with E-state index in [1.807, 2.05) is 49.4 Å². The minimum atomic E-state index is -0.232. The van der Waals surface area contributed by atoms with Crippen molar-refractivity contribution in [2.45, 2.75) is 19.8 Å². The average molecular weight is 372 g/mol. The molecule has 0 heterocycles. The number of hydrogen-bond donors (Lipinski definition) is 2. The van der Waals surface area contributed by atoms with Gasteiger partial charge in [-0.25, -0.2) is 0 Å². The molecule has 2 N–H and O–H groups in total. The van der Waals surface area contributed by atoms with E-state index in [0.29, 0.717) is 17.7 Å². The first-order valence-electron chi connectivity index (χ1n) is 9.42. The lowest BCUT2D eigenvalue weighted by Gasteiger charge is -2.09. The third kappa shape index (κ3) is 5.55. The van der Waals surface area contributed by atoms with Gasteiger partial charge in [0, 0.05) is 23.4 Å². The van der Waals surface area contributed by atoms with E-state index in [-0.39, 0.29) is 11.8 Å². The van der Waals surface area contributed by atoms with Gasteiger partial charge in [0.05, 0.1) is 0 Å². The number of amides is 2. The largest absolute Gasteiger partial charge is 0.352 e. The predicted molar refractivity (Wildman–Crippen MR) is 113 cm³/mol. The predicted octanol–water partition coefficient (Wildman–Crippen LogP) is 4.61. The number of carbonyl (C=O) groups excluding carboxylic acids is 2. The van der Waals surface area contributed by atoms with E-state index in [1.54, 1.807) is 24.3 Å². The van der Waals surface area contributed by atoms with E-state index in [1.165, 1.54) is 5.56 Å². The van der Waals surface area contributed by atoms with E-state index >= 15 is 0 Å². The molecule has 0 saturated heterocycles. The van der Waals surface area contributed by atoms with Gasteiger partial charge in [0.2, 0.25) is 0 Å². The van der Waals surface area contributed by atoms with Crippen LogP contribution in [0.3, 0.4) is 0 Å². The molecule has 0 bridgehead atoms. The molecule has 142 valence electrons. The third-order valence-corrected chi connectivity index (χ3v) is 4.43. The Morgan fingerprint density at radius 2 is 1.50 bits per heavy atom. The third-order valence-electron chi connectivity index (χ3n) is 4.43. The van der Waals surface area contributed by atoms with Crippen molar-refractivity contribution < 1.29 is 9.59 Å². The molecule has 2 amide bonds. The molecule has 0 aromatic heterocycles. The van der Waals surface area contributed by atoms with Crippen molar-refractivity contribution in [2.24, 2.45) is 0 Å². The zero-order chi connectivity index (χ0) is 19.8. The van der Waals surface area contributed by atoms with E-state index in [0.717, 1.165) is 24.1 Å². The highest BCUT2D eigenvalue weighted by molar-refractivity contribution is 6.06. The van der Waals surface area contributed by atoms with Crippen LogP contribution in [0, 0.1) is 6.92 Å². The van der Waals surface area contributed by atoms with E-state index < -0.39 is 0 Å². The number of hydrogen-bond acceptors (Lipinski definition) is 2. The summed E-state index contributed by atoms with van der Waals surface area (Å²) in [5.74, 6) is -0.400. The van der Waals surface area contributed by atoms with Crippen LogP contribution in [0.25, 0.3) is 0 Å². The molecule has 0 saturated carbocycles. The first-order chi connectivity index (χ1) is 13.6. The Balaban J connectivity index is 1.54. The maximum atomic E-state index is 12.5. The summed E-state index contributed by atoms with van der Waals surface area (Å²) >= 11 is 0. The van der Waals surface area contributed by atoms with Crippen molar-refractivity contribution in [3.8, 4) is 0 Å². The maximum Gasteiger partial charge on any atom is 0.255 e. The van der Waals surface area contributed by atoms with Crippen LogP contribution in [-0.4, -0.2) is 18.4 Å². The summed E-state index contributed by atoms with van der Waals surface area (Å²) in [4.78, 5) is 24.9. The summed E-state index contributed by atoms with van der Waals surface area (Å²) < 4.78 is 0. The molecule has 4 heteroatoms. The zero-order valence-electron chi connectivity index (χ0n) is 15.9. The van der Waals surface area contributed by atoms with Crippen molar-refractivity contribution >= 4 is 17.5 Å². The van der Waals surface area contributed by atoms with Gasteiger partial charge in [0.1, 0.15) is 0 Å². The molecule has 0 unspecified atom stereocenters. The lowest BCUT2D eigenvalue weighted by atomic mass is 10.1. The highest BCUT2D eigenvalue weighted by Gasteiger charge is 2.10. The summed E-state index contributed by atoms with van der Waals surface area (Å²) in [6.45, 7) is 2.56. The van der Waals surface area contributed by atoms with E-state index in [9.17, 15) is 9.59 Å². The molecule has 3 rings (SSSR count). The van der Waals surface area contributed by atoms with Gasteiger partial charge in [-0.2, -0.15) is 0 Å². The SMILES string of the molecule is Cc1cccc(NC(=O)c2cccc(C(=O)NCCCc3ccccc3)c2)c1. The Kier molecular flexibility index (Phi) is 6.58. The topological polar surface area (TPSA) is 58.2 Å². The maximum absolute atomic E-state index is 12.5.